The van der Waals surface area contributed by atoms with Crippen LogP contribution < -0.4 is 4.74 Å². The van der Waals surface area contributed by atoms with Crippen LogP contribution in [0.15, 0.2) is 67.0 Å². The van der Waals surface area contributed by atoms with Crippen molar-refractivity contribution in [2.75, 3.05) is 26.2 Å². The molecule has 1 amide bonds. The Morgan fingerprint density at radius 2 is 1.77 bits per heavy atom. The van der Waals surface area contributed by atoms with Gasteiger partial charge in [-0.3, -0.25) is 14.7 Å². The van der Waals surface area contributed by atoms with Gasteiger partial charge in [0.05, 0.1) is 0 Å². The van der Waals surface area contributed by atoms with E-state index in [1.165, 1.54) is 6.07 Å². The average molecular weight is 423 g/mol. The molecule has 0 unspecified atom stereocenters. The Morgan fingerprint density at radius 3 is 2.52 bits per heavy atom. The number of rotatable bonds is 6. The standard InChI is InChI=1S/C24H23F2N3O2/c25-21-6-7-23(22(26)14-21)31-17-18-3-1-5-20(13-18)24(30)29-11-9-28(10-12-29)16-19-4-2-8-27-15-19/h1-8,13-15H,9-12,16-17H2. The number of hydrogen-bond donors (Lipinski definition) is 0. The van der Waals surface area contributed by atoms with Gasteiger partial charge in [-0.1, -0.05) is 18.2 Å². The van der Waals surface area contributed by atoms with Crippen LogP contribution >= 0.6 is 0 Å². The fourth-order valence-electron chi connectivity index (χ4n) is 3.59. The van der Waals surface area contributed by atoms with E-state index in [0.29, 0.717) is 18.7 Å². The van der Waals surface area contributed by atoms with Gasteiger partial charge in [-0.05, 0) is 41.5 Å². The number of hydrogen-bond acceptors (Lipinski definition) is 4. The van der Waals surface area contributed by atoms with Crippen molar-refractivity contribution >= 4 is 5.91 Å². The maximum Gasteiger partial charge on any atom is 0.253 e. The number of ether oxygens (including phenoxy) is 1. The zero-order chi connectivity index (χ0) is 21.6. The van der Waals surface area contributed by atoms with Crippen LogP contribution in [0, 0.1) is 11.6 Å². The lowest BCUT2D eigenvalue weighted by molar-refractivity contribution is 0.0628. The number of carbonyl (C=O) groups is 1. The molecule has 2 aromatic carbocycles. The van der Waals surface area contributed by atoms with Crippen molar-refractivity contribution in [3.05, 3.63) is 95.3 Å². The highest BCUT2D eigenvalue weighted by Gasteiger charge is 2.22. The summed E-state index contributed by atoms with van der Waals surface area (Å²) in [4.78, 5) is 21.2. The van der Waals surface area contributed by atoms with Crippen molar-refractivity contribution in [1.29, 1.82) is 0 Å². The fourth-order valence-corrected chi connectivity index (χ4v) is 3.59. The summed E-state index contributed by atoms with van der Waals surface area (Å²) in [5, 5.41) is 0. The van der Waals surface area contributed by atoms with Gasteiger partial charge in [0.15, 0.2) is 11.6 Å². The van der Waals surface area contributed by atoms with E-state index in [2.05, 4.69) is 16.0 Å². The summed E-state index contributed by atoms with van der Waals surface area (Å²) in [5.74, 6) is -1.46. The molecule has 0 aliphatic carbocycles. The molecule has 1 aliphatic heterocycles. The zero-order valence-electron chi connectivity index (χ0n) is 17.0. The lowest BCUT2D eigenvalue weighted by Crippen LogP contribution is -2.48. The third-order valence-electron chi connectivity index (χ3n) is 5.25. The second-order valence-electron chi connectivity index (χ2n) is 7.49. The van der Waals surface area contributed by atoms with E-state index < -0.39 is 11.6 Å². The highest BCUT2D eigenvalue weighted by molar-refractivity contribution is 5.94. The Hall–Kier alpha value is -3.32. The van der Waals surface area contributed by atoms with Gasteiger partial charge in [-0.15, -0.1) is 0 Å². The lowest BCUT2D eigenvalue weighted by atomic mass is 10.1. The largest absolute Gasteiger partial charge is 0.486 e. The predicted molar refractivity (Wildman–Crippen MR) is 113 cm³/mol. The maximum absolute atomic E-state index is 13.7. The first-order valence-corrected chi connectivity index (χ1v) is 10.2. The Bertz CT molecular complexity index is 1040. The van der Waals surface area contributed by atoms with Crippen molar-refractivity contribution < 1.29 is 18.3 Å². The second kappa shape index (κ2) is 9.66. The SMILES string of the molecule is O=C(c1cccc(COc2ccc(F)cc2F)c1)N1CCN(Cc2cccnc2)CC1. The molecular weight excluding hydrogens is 400 g/mol. The van der Waals surface area contributed by atoms with Crippen LogP contribution in [0.25, 0.3) is 0 Å². The highest BCUT2D eigenvalue weighted by atomic mass is 19.1. The molecule has 0 radical (unpaired) electrons. The van der Waals surface area contributed by atoms with Crippen LogP contribution in [0.3, 0.4) is 0 Å². The van der Waals surface area contributed by atoms with Crippen molar-refractivity contribution in [2.45, 2.75) is 13.2 Å². The molecule has 160 valence electrons. The highest BCUT2D eigenvalue weighted by Crippen LogP contribution is 2.20. The molecule has 4 rings (SSSR count). The number of aromatic nitrogens is 1. The van der Waals surface area contributed by atoms with Gasteiger partial charge in [0, 0.05) is 56.7 Å². The number of amides is 1. The van der Waals surface area contributed by atoms with Crippen LogP contribution in [-0.2, 0) is 13.2 Å². The van der Waals surface area contributed by atoms with E-state index in [1.54, 1.807) is 24.4 Å². The van der Waals surface area contributed by atoms with Crippen molar-refractivity contribution in [1.82, 2.24) is 14.8 Å². The summed E-state index contributed by atoms with van der Waals surface area (Å²) in [6.07, 6.45) is 3.62. The number of halogens is 2. The second-order valence-corrected chi connectivity index (χ2v) is 7.49. The Morgan fingerprint density at radius 1 is 0.968 bits per heavy atom. The van der Waals surface area contributed by atoms with E-state index in [-0.39, 0.29) is 18.3 Å². The molecular formula is C24H23F2N3O2. The Labute approximate surface area is 179 Å². The third-order valence-corrected chi connectivity index (χ3v) is 5.25. The first kappa shape index (κ1) is 20.9. The van der Waals surface area contributed by atoms with Crippen molar-refractivity contribution in [2.24, 2.45) is 0 Å². The fraction of sp³-hybridized carbons (Fsp3) is 0.250. The molecule has 0 atom stereocenters. The summed E-state index contributed by atoms with van der Waals surface area (Å²) in [5.41, 5.74) is 2.47. The molecule has 0 saturated carbocycles. The molecule has 1 saturated heterocycles. The zero-order valence-corrected chi connectivity index (χ0v) is 17.0. The summed E-state index contributed by atoms with van der Waals surface area (Å²) in [6.45, 7) is 3.81. The molecule has 0 bridgehead atoms. The molecule has 3 aromatic rings. The Balaban J connectivity index is 1.33. The van der Waals surface area contributed by atoms with E-state index in [4.69, 9.17) is 4.74 Å². The maximum atomic E-state index is 13.7. The van der Waals surface area contributed by atoms with E-state index in [0.717, 1.165) is 42.9 Å². The number of piperazine rings is 1. The van der Waals surface area contributed by atoms with Gasteiger partial charge < -0.3 is 9.64 Å². The van der Waals surface area contributed by atoms with Gasteiger partial charge in [0.1, 0.15) is 12.4 Å². The molecule has 31 heavy (non-hydrogen) atoms. The van der Waals surface area contributed by atoms with Crippen LogP contribution in [-0.4, -0.2) is 46.9 Å². The summed E-state index contributed by atoms with van der Waals surface area (Å²) >= 11 is 0. The van der Waals surface area contributed by atoms with Crippen LogP contribution in [0.4, 0.5) is 8.78 Å². The Kier molecular flexibility index (Phi) is 6.52. The van der Waals surface area contributed by atoms with Gasteiger partial charge >= 0.3 is 0 Å². The molecule has 1 fully saturated rings. The average Bonchev–Trinajstić information content (AvgIpc) is 2.79. The number of pyridine rings is 1. The van der Waals surface area contributed by atoms with Crippen LogP contribution in [0.1, 0.15) is 21.5 Å². The first-order valence-electron chi connectivity index (χ1n) is 10.2. The van der Waals surface area contributed by atoms with Gasteiger partial charge in [-0.2, -0.15) is 0 Å². The molecule has 7 heteroatoms. The number of nitrogens with zero attached hydrogens (tertiary/aromatic N) is 3. The molecule has 1 aliphatic rings. The van der Waals surface area contributed by atoms with Crippen molar-refractivity contribution in [3.63, 3.8) is 0 Å². The van der Waals surface area contributed by atoms with Crippen LogP contribution in [0.2, 0.25) is 0 Å². The predicted octanol–water partition coefficient (Wildman–Crippen LogP) is 3.90. The lowest BCUT2D eigenvalue weighted by Gasteiger charge is -2.34. The monoisotopic (exact) mass is 423 g/mol. The normalized spacial score (nSPS) is 14.5. The molecule has 2 heterocycles. The van der Waals surface area contributed by atoms with E-state index in [9.17, 15) is 13.6 Å². The third kappa shape index (κ3) is 5.44. The minimum absolute atomic E-state index is 0.0251. The van der Waals surface area contributed by atoms with Crippen LogP contribution in [0.5, 0.6) is 5.75 Å². The quantitative estimate of drug-likeness (QED) is 0.603. The minimum Gasteiger partial charge on any atom is -0.486 e. The van der Waals surface area contributed by atoms with E-state index >= 15 is 0 Å². The van der Waals surface area contributed by atoms with Gasteiger partial charge in [0.2, 0.25) is 0 Å². The summed E-state index contributed by atoms with van der Waals surface area (Å²) in [6, 6.07) is 14.3. The molecule has 1 aromatic heterocycles. The summed E-state index contributed by atoms with van der Waals surface area (Å²) < 4.78 is 32.2. The van der Waals surface area contributed by atoms with Gasteiger partial charge in [0.25, 0.3) is 5.91 Å². The number of carbonyl (C=O) groups excluding carboxylic acids is 1. The molecule has 5 nitrogen and oxygen atoms in total. The smallest absolute Gasteiger partial charge is 0.253 e. The topological polar surface area (TPSA) is 45.7 Å². The number of benzene rings is 2. The van der Waals surface area contributed by atoms with E-state index in [1.807, 2.05) is 23.2 Å². The minimum atomic E-state index is -0.753. The van der Waals surface area contributed by atoms with Gasteiger partial charge in [-0.25, -0.2) is 8.78 Å². The molecule has 0 N–H and O–H groups in total. The molecule has 0 spiro atoms. The first-order chi connectivity index (χ1) is 15.1. The summed E-state index contributed by atoms with van der Waals surface area (Å²) in [7, 11) is 0. The van der Waals surface area contributed by atoms with Crippen molar-refractivity contribution in [3.8, 4) is 5.75 Å².